The lowest BCUT2D eigenvalue weighted by atomic mass is 9.81. The second-order valence-electron chi connectivity index (χ2n) is 11.6. The second-order valence-corrected chi connectivity index (χ2v) is 13.8. The summed E-state index contributed by atoms with van der Waals surface area (Å²) < 4.78 is 27.0. The number of aromatic carboxylic acids is 1. The summed E-state index contributed by atoms with van der Waals surface area (Å²) in [6, 6.07) is 5.52. The minimum atomic E-state index is -3.20. The molecule has 0 radical (unpaired) electrons. The number of carboxylic acids is 1. The highest BCUT2D eigenvalue weighted by molar-refractivity contribution is 7.90. The van der Waals surface area contributed by atoms with Gasteiger partial charge in [0, 0.05) is 44.5 Å². The van der Waals surface area contributed by atoms with E-state index in [4.69, 9.17) is 10.8 Å². The lowest BCUT2D eigenvalue weighted by Crippen LogP contribution is -2.53. The lowest BCUT2D eigenvalue weighted by molar-refractivity contribution is -0.127. The zero-order valence-electron chi connectivity index (χ0n) is 22.3. The average molecular weight is 564 g/mol. The van der Waals surface area contributed by atoms with Crippen molar-refractivity contribution in [2.45, 2.75) is 68.5 Å². The van der Waals surface area contributed by atoms with Crippen LogP contribution in [0.3, 0.4) is 0 Å². The van der Waals surface area contributed by atoms with E-state index in [1.165, 1.54) is 12.1 Å². The van der Waals surface area contributed by atoms with Crippen molar-refractivity contribution >= 4 is 27.6 Å². The maximum Gasteiger partial charge on any atom is 0.335 e. The van der Waals surface area contributed by atoms with E-state index < -0.39 is 28.3 Å². The minimum absolute atomic E-state index is 0.0240. The van der Waals surface area contributed by atoms with Crippen molar-refractivity contribution in [3.63, 3.8) is 0 Å². The van der Waals surface area contributed by atoms with Crippen LogP contribution in [0.4, 0.5) is 5.69 Å². The number of carboxylic acid groups (broad SMARTS) is 1. The van der Waals surface area contributed by atoms with Gasteiger partial charge in [-0.05, 0) is 87.6 Å². The number of benzene rings is 1. The molecule has 5 N–H and O–H groups in total. The molecule has 2 aliphatic carbocycles. The van der Waals surface area contributed by atoms with Gasteiger partial charge in [-0.15, -0.1) is 0 Å². The largest absolute Gasteiger partial charge is 0.478 e. The van der Waals surface area contributed by atoms with Crippen molar-refractivity contribution in [3.8, 4) is 0 Å². The predicted molar refractivity (Wildman–Crippen MR) is 147 cm³/mol. The van der Waals surface area contributed by atoms with Crippen molar-refractivity contribution in [2.24, 2.45) is 17.6 Å². The maximum atomic E-state index is 13.5. The third-order valence-corrected chi connectivity index (χ3v) is 11.5. The average Bonchev–Trinajstić information content (AvgIpc) is 3.72. The number of hydrogen-bond donors (Lipinski definition) is 4. The lowest BCUT2D eigenvalue weighted by Gasteiger charge is -2.39. The standard InChI is InChI=1S/C27H41N5O6S/c28-16-18-1-3-19(4-2-18)26(34)32-17-22(30-11-13-31(14-12-30)39(37,38)23-9-10-23)15-24(32)25(33)29-21-7-5-20(6-8-21)27(35)36/h5-8,18-19,22-24,26,34H,1-4,9-17,28H2,(H,29,33)(H,35,36)/t18?,19?,22-,24-,26?/m0/s1. The van der Waals surface area contributed by atoms with Gasteiger partial charge in [-0.25, -0.2) is 13.2 Å². The number of likely N-dealkylation sites (tertiary alicyclic amines) is 1. The first-order valence-corrected chi connectivity index (χ1v) is 15.7. The van der Waals surface area contributed by atoms with Crippen LogP contribution >= 0.6 is 0 Å². The summed E-state index contributed by atoms with van der Waals surface area (Å²) in [5.74, 6) is -0.714. The fourth-order valence-electron chi connectivity index (χ4n) is 6.47. The Morgan fingerprint density at radius 2 is 1.64 bits per heavy atom. The van der Waals surface area contributed by atoms with Gasteiger partial charge in [-0.2, -0.15) is 4.31 Å². The Kier molecular flexibility index (Phi) is 8.60. The van der Waals surface area contributed by atoms with Crippen LogP contribution in [0.15, 0.2) is 24.3 Å². The topological polar surface area (TPSA) is 157 Å². The van der Waals surface area contributed by atoms with Crippen LogP contribution in [0.2, 0.25) is 0 Å². The van der Waals surface area contributed by atoms with Crippen LogP contribution in [0.25, 0.3) is 0 Å². The smallest absolute Gasteiger partial charge is 0.335 e. The molecule has 2 heterocycles. The van der Waals surface area contributed by atoms with Gasteiger partial charge in [-0.1, -0.05) is 0 Å². The maximum absolute atomic E-state index is 13.5. The number of anilines is 1. The van der Waals surface area contributed by atoms with E-state index in [1.54, 1.807) is 16.4 Å². The molecule has 2 saturated heterocycles. The van der Waals surface area contributed by atoms with Gasteiger partial charge < -0.3 is 21.3 Å². The normalized spacial score (nSPS) is 30.2. The quantitative estimate of drug-likeness (QED) is 0.344. The Bertz CT molecular complexity index is 1130. The number of carbonyl (C=O) groups is 2. The highest BCUT2D eigenvalue weighted by atomic mass is 32.2. The number of nitrogens with zero attached hydrogens (tertiary/aromatic N) is 3. The Balaban J connectivity index is 1.27. The SMILES string of the molecule is NCC1CCC(C(O)N2C[C@@H](N3CCN(S(=O)(=O)C4CC4)CC3)C[C@H]2C(=O)Nc2ccc(C(=O)O)cc2)CC1. The van der Waals surface area contributed by atoms with Gasteiger partial charge in [0.2, 0.25) is 15.9 Å². The Morgan fingerprint density at radius 1 is 1.00 bits per heavy atom. The Labute approximate surface area is 230 Å². The van der Waals surface area contributed by atoms with Crippen LogP contribution in [0.5, 0.6) is 0 Å². The summed E-state index contributed by atoms with van der Waals surface area (Å²) >= 11 is 0. The van der Waals surface area contributed by atoms with Crippen LogP contribution in [0, 0.1) is 11.8 Å². The molecule has 2 aliphatic heterocycles. The number of rotatable bonds is 9. The highest BCUT2D eigenvalue weighted by Gasteiger charge is 2.46. The van der Waals surface area contributed by atoms with Crippen molar-refractivity contribution in [1.82, 2.24) is 14.1 Å². The summed E-state index contributed by atoms with van der Waals surface area (Å²) in [5, 5.41) is 23.3. The molecule has 0 aromatic heterocycles. The molecule has 0 spiro atoms. The van der Waals surface area contributed by atoms with E-state index in [2.05, 4.69) is 10.2 Å². The summed E-state index contributed by atoms with van der Waals surface area (Å²) in [6.07, 6.45) is 4.96. The van der Waals surface area contributed by atoms with Gasteiger partial charge in [-0.3, -0.25) is 14.6 Å². The zero-order chi connectivity index (χ0) is 27.7. The molecule has 1 unspecified atom stereocenters. The van der Waals surface area contributed by atoms with E-state index in [-0.39, 0.29) is 28.7 Å². The number of aliphatic hydroxyl groups is 1. The van der Waals surface area contributed by atoms with Crippen molar-refractivity contribution < 1.29 is 28.2 Å². The number of nitrogens with two attached hydrogens (primary N) is 1. The fourth-order valence-corrected chi connectivity index (χ4v) is 8.29. The molecule has 216 valence electrons. The molecule has 5 rings (SSSR count). The van der Waals surface area contributed by atoms with E-state index in [9.17, 15) is 23.1 Å². The van der Waals surface area contributed by atoms with Gasteiger partial charge in [0.05, 0.1) is 16.9 Å². The number of nitrogens with one attached hydrogen (secondary N) is 1. The summed E-state index contributed by atoms with van der Waals surface area (Å²) in [5.41, 5.74) is 6.51. The van der Waals surface area contributed by atoms with E-state index in [0.717, 1.165) is 38.5 Å². The first kappa shape index (κ1) is 28.4. The molecule has 0 bridgehead atoms. The van der Waals surface area contributed by atoms with Gasteiger partial charge in [0.1, 0.15) is 6.23 Å². The number of amides is 1. The summed E-state index contributed by atoms with van der Waals surface area (Å²) in [4.78, 5) is 28.9. The third-order valence-electron chi connectivity index (χ3n) is 9.10. The highest BCUT2D eigenvalue weighted by Crippen LogP contribution is 2.36. The van der Waals surface area contributed by atoms with Crippen LogP contribution in [0.1, 0.15) is 55.3 Å². The molecule has 1 aromatic rings. The van der Waals surface area contributed by atoms with Gasteiger partial charge >= 0.3 is 5.97 Å². The van der Waals surface area contributed by atoms with Crippen LogP contribution in [-0.4, -0.2) is 107 Å². The molecule has 12 heteroatoms. The van der Waals surface area contributed by atoms with Crippen molar-refractivity contribution in [3.05, 3.63) is 29.8 Å². The van der Waals surface area contributed by atoms with Gasteiger partial charge in [0.25, 0.3) is 0 Å². The summed E-state index contributed by atoms with van der Waals surface area (Å²) in [6.45, 7) is 3.30. The Morgan fingerprint density at radius 3 is 2.21 bits per heavy atom. The van der Waals surface area contributed by atoms with E-state index in [0.29, 0.717) is 57.3 Å². The zero-order valence-corrected chi connectivity index (χ0v) is 23.1. The number of carbonyl (C=O) groups excluding carboxylic acids is 1. The second kappa shape index (κ2) is 11.8. The molecular weight excluding hydrogens is 522 g/mol. The van der Waals surface area contributed by atoms with Crippen molar-refractivity contribution in [1.29, 1.82) is 0 Å². The minimum Gasteiger partial charge on any atom is -0.478 e. The van der Waals surface area contributed by atoms with E-state index in [1.807, 2.05) is 4.90 Å². The molecule has 39 heavy (non-hydrogen) atoms. The number of hydrogen-bond acceptors (Lipinski definition) is 8. The monoisotopic (exact) mass is 563 g/mol. The van der Waals surface area contributed by atoms with Crippen molar-refractivity contribution in [2.75, 3.05) is 44.6 Å². The molecule has 3 atom stereocenters. The van der Waals surface area contributed by atoms with E-state index >= 15 is 0 Å². The third kappa shape index (κ3) is 6.31. The molecule has 2 saturated carbocycles. The molecular formula is C27H41N5O6S. The number of aliphatic hydroxyl groups excluding tert-OH is 1. The molecule has 1 amide bonds. The summed E-state index contributed by atoms with van der Waals surface area (Å²) in [7, 11) is -3.20. The van der Waals surface area contributed by atoms with Crippen LogP contribution < -0.4 is 11.1 Å². The fraction of sp³-hybridized carbons (Fsp3) is 0.704. The molecule has 11 nitrogen and oxygen atoms in total. The first-order valence-electron chi connectivity index (χ1n) is 14.2. The molecule has 4 fully saturated rings. The first-order chi connectivity index (χ1) is 18.7. The molecule has 1 aromatic carbocycles. The molecule has 4 aliphatic rings. The number of sulfonamides is 1. The Hall–Kier alpha value is -2.09. The predicted octanol–water partition coefficient (Wildman–Crippen LogP) is 0.960. The van der Waals surface area contributed by atoms with Crippen LogP contribution in [-0.2, 0) is 14.8 Å². The number of piperazine rings is 1. The van der Waals surface area contributed by atoms with Gasteiger partial charge in [0.15, 0.2) is 0 Å².